The maximum atomic E-state index is 12.3. The number of hydrogen-bond donors (Lipinski definition) is 0. The number of carbonyl (C=O) groups excluding carboxylic acids is 2. The Kier molecular flexibility index (Phi) is 9.83. The van der Waals surface area contributed by atoms with Gasteiger partial charge in [-0.15, -0.1) is 0 Å². The Morgan fingerprint density at radius 1 is 0.760 bits per heavy atom. The number of ether oxygens (including phenoxy) is 2. The van der Waals surface area contributed by atoms with Crippen LogP contribution < -0.4 is 17.1 Å². The molecule has 25 heavy (non-hydrogen) atoms. The minimum atomic E-state index is -0.844. The zero-order valence-corrected chi connectivity index (χ0v) is 15.2. The molecular weight excluding hydrogens is 334 g/mol. The lowest BCUT2D eigenvalue weighted by Crippen LogP contribution is -2.55. The monoisotopic (exact) mass is 359 g/mol. The molecule has 0 aliphatic rings. The van der Waals surface area contributed by atoms with E-state index in [0.717, 1.165) is 13.7 Å². The summed E-state index contributed by atoms with van der Waals surface area (Å²) < 4.78 is 11.9. The topological polar surface area (TPSA) is 119 Å². The standard InChI is InChI=1S/C13H19N3O7.C2H6/c1-4-14-11(19)15(5-7-22-9(2)17)13(21)16(12(14)20)6-8-23-10(3)18;1-2/h4-8H2,1-3H3;1-2H3. The second kappa shape index (κ2) is 11.0. The van der Waals surface area contributed by atoms with Crippen LogP contribution in [0.25, 0.3) is 0 Å². The number of aromatic nitrogens is 3. The van der Waals surface area contributed by atoms with E-state index in [1.165, 1.54) is 13.8 Å². The van der Waals surface area contributed by atoms with Crippen molar-refractivity contribution in [1.29, 1.82) is 0 Å². The summed E-state index contributed by atoms with van der Waals surface area (Å²) in [6.45, 7) is 7.36. The molecule has 0 radical (unpaired) electrons. The van der Waals surface area contributed by atoms with E-state index < -0.39 is 29.0 Å². The molecule has 0 spiro atoms. The van der Waals surface area contributed by atoms with Crippen molar-refractivity contribution in [2.45, 2.75) is 54.3 Å². The summed E-state index contributed by atoms with van der Waals surface area (Å²) in [5, 5.41) is 0. The molecule has 0 bridgehead atoms. The van der Waals surface area contributed by atoms with Gasteiger partial charge in [-0.1, -0.05) is 13.8 Å². The summed E-state index contributed by atoms with van der Waals surface area (Å²) in [4.78, 5) is 58.1. The molecule has 1 aromatic rings. The van der Waals surface area contributed by atoms with E-state index in [4.69, 9.17) is 9.47 Å². The molecule has 0 atom stereocenters. The number of nitrogens with zero attached hydrogens (tertiary/aromatic N) is 3. The summed E-state index contributed by atoms with van der Waals surface area (Å²) in [5.74, 6) is -1.09. The van der Waals surface area contributed by atoms with Crippen LogP contribution in [0.1, 0.15) is 34.6 Å². The van der Waals surface area contributed by atoms with Gasteiger partial charge >= 0.3 is 29.0 Å². The van der Waals surface area contributed by atoms with Crippen LogP contribution in [-0.2, 0) is 38.7 Å². The first-order chi connectivity index (χ1) is 11.8. The van der Waals surface area contributed by atoms with Crippen molar-refractivity contribution >= 4 is 11.9 Å². The van der Waals surface area contributed by atoms with Crippen LogP contribution in [-0.4, -0.2) is 38.9 Å². The Bertz CT molecular complexity index is 700. The van der Waals surface area contributed by atoms with Gasteiger partial charge in [0.1, 0.15) is 13.2 Å². The molecule has 1 aromatic heterocycles. The second-order valence-corrected chi connectivity index (χ2v) is 4.58. The highest BCUT2D eigenvalue weighted by Crippen LogP contribution is 1.83. The van der Waals surface area contributed by atoms with E-state index >= 15 is 0 Å². The molecular formula is C15H25N3O7. The van der Waals surface area contributed by atoms with E-state index in [0.29, 0.717) is 0 Å². The highest BCUT2D eigenvalue weighted by molar-refractivity contribution is 5.66. The van der Waals surface area contributed by atoms with Gasteiger partial charge in [0.05, 0.1) is 13.1 Å². The lowest BCUT2D eigenvalue weighted by atomic mass is 10.6. The molecule has 0 saturated carbocycles. The molecule has 10 nitrogen and oxygen atoms in total. The quantitative estimate of drug-likeness (QED) is 0.593. The molecule has 10 heteroatoms. The predicted octanol–water partition coefficient (Wildman–Crippen LogP) is -0.656. The fourth-order valence-corrected chi connectivity index (χ4v) is 1.90. The normalized spacial score (nSPS) is 9.80. The van der Waals surface area contributed by atoms with E-state index in [1.54, 1.807) is 6.92 Å². The van der Waals surface area contributed by atoms with E-state index in [-0.39, 0.29) is 32.8 Å². The van der Waals surface area contributed by atoms with Gasteiger partial charge in [-0.25, -0.2) is 28.1 Å². The molecule has 1 rings (SSSR count). The maximum absolute atomic E-state index is 12.3. The molecule has 0 amide bonds. The van der Waals surface area contributed by atoms with E-state index in [1.807, 2.05) is 13.8 Å². The average Bonchev–Trinajstić information content (AvgIpc) is 2.55. The second-order valence-electron chi connectivity index (χ2n) is 4.58. The van der Waals surface area contributed by atoms with Gasteiger partial charge in [0, 0.05) is 20.4 Å². The van der Waals surface area contributed by atoms with Crippen LogP contribution >= 0.6 is 0 Å². The lowest BCUT2D eigenvalue weighted by Gasteiger charge is -2.12. The molecule has 0 aromatic carbocycles. The fourth-order valence-electron chi connectivity index (χ4n) is 1.90. The van der Waals surface area contributed by atoms with Gasteiger partial charge in [-0.05, 0) is 6.92 Å². The molecule has 0 unspecified atom stereocenters. The highest BCUT2D eigenvalue weighted by atomic mass is 16.5. The minimum absolute atomic E-state index is 0.0685. The largest absolute Gasteiger partial charge is 0.464 e. The molecule has 0 aliphatic heterocycles. The number of carbonyl (C=O) groups is 2. The third-order valence-electron chi connectivity index (χ3n) is 2.94. The van der Waals surface area contributed by atoms with Crippen LogP contribution in [0, 0.1) is 0 Å². The SMILES string of the molecule is CC.CCn1c(=O)n(CCOC(C)=O)c(=O)n(CCOC(C)=O)c1=O. The first-order valence-corrected chi connectivity index (χ1v) is 8.00. The zero-order chi connectivity index (χ0) is 19.6. The van der Waals surface area contributed by atoms with Crippen molar-refractivity contribution in [2.75, 3.05) is 13.2 Å². The Morgan fingerprint density at radius 2 is 1.08 bits per heavy atom. The van der Waals surface area contributed by atoms with Crippen molar-refractivity contribution in [3.63, 3.8) is 0 Å². The Hall–Kier alpha value is -2.65. The summed E-state index contributed by atoms with van der Waals surface area (Å²) in [7, 11) is 0. The average molecular weight is 359 g/mol. The molecule has 0 N–H and O–H groups in total. The summed E-state index contributed by atoms with van der Waals surface area (Å²) >= 11 is 0. The molecule has 0 saturated heterocycles. The first kappa shape index (κ1) is 22.4. The minimum Gasteiger partial charge on any atom is -0.464 e. The summed E-state index contributed by atoms with van der Waals surface area (Å²) in [6.07, 6.45) is 0. The van der Waals surface area contributed by atoms with Gasteiger partial charge in [-0.2, -0.15) is 0 Å². The lowest BCUT2D eigenvalue weighted by molar-refractivity contribution is -0.142. The van der Waals surface area contributed by atoms with Gasteiger partial charge in [0.25, 0.3) is 0 Å². The van der Waals surface area contributed by atoms with E-state index in [2.05, 4.69) is 0 Å². The van der Waals surface area contributed by atoms with Crippen LogP contribution in [0.15, 0.2) is 14.4 Å². The molecule has 142 valence electrons. The number of esters is 2. The van der Waals surface area contributed by atoms with Crippen molar-refractivity contribution in [3.8, 4) is 0 Å². The fraction of sp³-hybridized carbons (Fsp3) is 0.667. The molecule has 1 heterocycles. The third kappa shape index (κ3) is 6.40. The van der Waals surface area contributed by atoms with Gasteiger partial charge < -0.3 is 9.47 Å². The number of hydrogen-bond acceptors (Lipinski definition) is 7. The first-order valence-electron chi connectivity index (χ1n) is 8.00. The smallest absolute Gasteiger partial charge is 0.336 e. The number of rotatable bonds is 7. The Morgan fingerprint density at radius 3 is 1.36 bits per heavy atom. The van der Waals surface area contributed by atoms with Crippen LogP contribution in [0.3, 0.4) is 0 Å². The van der Waals surface area contributed by atoms with Gasteiger partial charge in [0.15, 0.2) is 0 Å². The van der Waals surface area contributed by atoms with Crippen LogP contribution in [0.2, 0.25) is 0 Å². The molecule has 0 aliphatic carbocycles. The van der Waals surface area contributed by atoms with E-state index in [9.17, 15) is 24.0 Å². The van der Waals surface area contributed by atoms with Gasteiger partial charge in [-0.3, -0.25) is 9.59 Å². The highest BCUT2D eigenvalue weighted by Gasteiger charge is 2.14. The predicted molar refractivity (Wildman–Crippen MR) is 89.5 cm³/mol. The van der Waals surface area contributed by atoms with Crippen molar-refractivity contribution < 1.29 is 19.1 Å². The van der Waals surface area contributed by atoms with Crippen molar-refractivity contribution in [3.05, 3.63) is 31.5 Å². The van der Waals surface area contributed by atoms with Crippen LogP contribution in [0.4, 0.5) is 0 Å². The summed E-state index contributed by atoms with van der Waals surface area (Å²) in [5.41, 5.74) is -2.40. The summed E-state index contributed by atoms with van der Waals surface area (Å²) in [6, 6.07) is 0. The van der Waals surface area contributed by atoms with Crippen molar-refractivity contribution in [1.82, 2.24) is 13.7 Å². The third-order valence-corrected chi connectivity index (χ3v) is 2.94. The van der Waals surface area contributed by atoms with Gasteiger partial charge in [0.2, 0.25) is 0 Å². The molecule has 0 fully saturated rings. The Labute approximate surface area is 144 Å². The zero-order valence-electron chi connectivity index (χ0n) is 15.2. The van der Waals surface area contributed by atoms with Crippen molar-refractivity contribution in [2.24, 2.45) is 0 Å². The maximum Gasteiger partial charge on any atom is 0.336 e. The Balaban J connectivity index is 0.00000277. The van der Waals surface area contributed by atoms with Crippen LogP contribution in [0.5, 0.6) is 0 Å².